The average Bonchev–Trinajstić information content (AvgIpc) is 3.27. The molecule has 158 valence electrons. The lowest BCUT2D eigenvalue weighted by molar-refractivity contribution is -0.113. The van der Waals surface area contributed by atoms with Crippen LogP contribution in [-0.4, -0.2) is 39.0 Å². The molecule has 0 aliphatic rings. The van der Waals surface area contributed by atoms with Crippen LogP contribution in [0.4, 0.5) is 5.00 Å². The average molecular weight is 445 g/mol. The largest absolute Gasteiger partial charge is 0.462 e. The number of nitrogens with zero attached hydrogens (tertiary/aromatic N) is 3. The van der Waals surface area contributed by atoms with E-state index in [0.717, 1.165) is 21.8 Å². The van der Waals surface area contributed by atoms with Gasteiger partial charge in [-0.2, -0.15) is 0 Å². The summed E-state index contributed by atoms with van der Waals surface area (Å²) in [6.45, 7) is 8.53. The van der Waals surface area contributed by atoms with Crippen molar-refractivity contribution in [2.45, 2.75) is 39.4 Å². The van der Waals surface area contributed by atoms with Gasteiger partial charge in [0, 0.05) is 17.0 Å². The van der Waals surface area contributed by atoms with Crippen molar-refractivity contribution in [1.82, 2.24) is 14.8 Å². The number of esters is 1. The maximum absolute atomic E-state index is 12.6. The fraction of sp³-hybridized carbons (Fsp3) is 0.333. The van der Waals surface area contributed by atoms with Gasteiger partial charge in [-0.1, -0.05) is 42.1 Å². The summed E-state index contributed by atoms with van der Waals surface area (Å²) >= 11 is 2.69. The van der Waals surface area contributed by atoms with Gasteiger partial charge < -0.3 is 14.6 Å². The minimum Gasteiger partial charge on any atom is -0.462 e. The van der Waals surface area contributed by atoms with E-state index < -0.39 is 5.97 Å². The smallest absolute Gasteiger partial charge is 0.341 e. The number of carbonyl (C=O) groups excluding carboxylic acids is 2. The van der Waals surface area contributed by atoms with E-state index in [2.05, 4.69) is 15.5 Å². The third kappa shape index (κ3) is 4.73. The lowest BCUT2D eigenvalue weighted by Gasteiger charge is -2.08. The fourth-order valence-corrected chi connectivity index (χ4v) is 4.81. The maximum Gasteiger partial charge on any atom is 0.341 e. The highest BCUT2D eigenvalue weighted by Crippen LogP contribution is 2.33. The molecule has 3 aromatic rings. The molecular formula is C21H24N4O3S2. The van der Waals surface area contributed by atoms with Crippen LogP contribution in [0.25, 0.3) is 11.4 Å². The molecule has 0 aliphatic carbocycles. The zero-order valence-electron chi connectivity index (χ0n) is 17.4. The Morgan fingerprint density at radius 1 is 1.17 bits per heavy atom. The van der Waals surface area contributed by atoms with Crippen LogP contribution in [-0.2, 0) is 16.1 Å². The number of amides is 1. The molecule has 2 aromatic heterocycles. The number of rotatable bonds is 8. The van der Waals surface area contributed by atoms with E-state index in [0.29, 0.717) is 22.3 Å². The molecule has 1 amide bonds. The molecule has 3 rings (SSSR count). The zero-order valence-corrected chi connectivity index (χ0v) is 19.0. The molecule has 0 aliphatic heterocycles. The van der Waals surface area contributed by atoms with Crippen LogP contribution in [0.15, 0.2) is 35.5 Å². The van der Waals surface area contributed by atoms with Gasteiger partial charge in [0.05, 0.1) is 17.9 Å². The van der Waals surface area contributed by atoms with E-state index in [1.54, 1.807) is 6.92 Å². The third-order valence-corrected chi connectivity index (χ3v) is 6.60. The summed E-state index contributed by atoms with van der Waals surface area (Å²) in [5, 5.41) is 12.6. The van der Waals surface area contributed by atoms with Gasteiger partial charge in [0.25, 0.3) is 0 Å². The van der Waals surface area contributed by atoms with E-state index in [1.807, 2.05) is 55.7 Å². The SMILES string of the molecule is CCOC(=O)c1c(NC(=O)CSc2nnc(-c3ccccc3)n2CC)sc(C)c1C. The number of anilines is 1. The van der Waals surface area contributed by atoms with Crippen molar-refractivity contribution in [2.24, 2.45) is 0 Å². The van der Waals surface area contributed by atoms with E-state index in [1.165, 1.54) is 23.1 Å². The molecule has 0 unspecified atom stereocenters. The molecule has 0 saturated heterocycles. The second-order valence-electron chi connectivity index (χ2n) is 6.46. The molecule has 1 aromatic carbocycles. The van der Waals surface area contributed by atoms with Crippen molar-refractivity contribution in [3.8, 4) is 11.4 Å². The Hall–Kier alpha value is -2.65. The predicted molar refractivity (Wildman–Crippen MR) is 120 cm³/mol. The number of ether oxygens (including phenoxy) is 1. The molecule has 0 bridgehead atoms. The van der Waals surface area contributed by atoms with Crippen LogP contribution < -0.4 is 5.32 Å². The molecule has 0 saturated carbocycles. The highest BCUT2D eigenvalue weighted by Gasteiger charge is 2.22. The minimum absolute atomic E-state index is 0.158. The van der Waals surface area contributed by atoms with Gasteiger partial charge in [0.2, 0.25) is 5.91 Å². The maximum atomic E-state index is 12.6. The van der Waals surface area contributed by atoms with Crippen LogP contribution in [0, 0.1) is 13.8 Å². The topological polar surface area (TPSA) is 86.1 Å². The zero-order chi connectivity index (χ0) is 21.7. The summed E-state index contributed by atoms with van der Waals surface area (Å²) < 4.78 is 7.12. The van der Waals surface area contributed by atoms with Crippen molar-refractivity contribution >= 4 is 40.0 Å². The number of benzene rings is 1. The van der Waals surface area contributed by atoms with Crippen LogP contribution in [0.3, 0.4) is 0 Å². The Balaban J connectivity index is 1.71. The van der Waals surface area contributed by atoms with Crippen molar-refractivity contribution in [3.63, 3.8) is 0 Å². The third-order valence-electron chi connectivity index (χ3n) is 4.52. The Bertz CT molecular complexity index is 1040. The number of aryl methyl sites for hydroxylation is 1. The summed E-state index contributed by atoms with van der Waals surface area (Å²) in [5.74, 6) is 0.305. The molecule has 1 N–H and O–H groups in total. The second kappa shape index (κ2) is 9.90. The van der Waals surface area contributed by atoms with Crippen LogP contribution in [0.1, 0.15) is 34.6 Å². The first-order valence-electron chi connectivity index (χ1n) is 9.64. The number of aromatic nitrogens is 3. The lowest BCUT2D eigenvalue weighted by Crippen LogP contribution is -2.17. The van der Waals surface area contributed by atoms with Gasteiger partial charge >= 0.3 is 5.97 Å². The number of thiophene rings is 1. The fourth-order valence-electron chi connectivity index (χ4n) is 2.94. The first-order valence-corrected chi connectivity index (χ1v) is 11.4. The molecule has 9 heteroatoms. The molecule has 0 atom stereocenters. The normalized spacial score (nSPS) is 10.8. The monoisotopic (exact) mass is 444 g/mol. The number of nitrogens with one attached hydrogen (secondary N) is 1. The van der Waals surface area contributed by atoms with E-state index in [9.17, 15) is 9.59 Å². The molecule has 0 radical (unpaired) electrons. The van der Waals surface area contributed by atoms with E-state index in [-0.39, 0.29) is 18.3 Å². The van der Waals surface area contributed by atoms with Gasteiger partial charge in [-0.15, -0.1) is 21.5 Å². The van der Waals surface area contributed by atoms with E-state index >= 15 is 0 Å². The van der Waals surface area contributed by atoms with Crippen molar-refractivity contribution in [1.29, 1.82) is 0 Å². The summed E-state index contributed by atoms with van der Waals surface area (Å²) in [5.41, 5.74) is 2.24. The van der Waals surface area contributed by atoms with E-state index in [4.69, 9.17) is 4.74 Å². The summed E-state index contributed by atoms with van der Waals surface area (Å²) in [4.78, 5) is 25.8. The molecule has 30 heavy (non-hydrogen) atoms. The lowest BCUT2D eigenvalue weighted by atomic mass is 10.1. The molecule has 0 spiro atoms. The number of hydrogen-bond acceptors (Lipinski definition) is 7. The van der Waals surface area contributed by atoms with Crippen LogP contribution >= 0.6 is 23.1 Å². The highest BCUT2D eigenvalue weighted by molar-refractivity contribution is 7.99. The molecule has 0 fully saturated rings. The minimum atomic E-state index is -0.416. The Morgan fingerprint density at radius 2 is 1.90 bits per heavy atom. The Kier molecular flexibility index (Phi) is 7.28. The first-order chi connectivity index (χ1) is 14.5. The summed E-state index contributed by atoms with van der Waals surface area (Å²) in [7, 11) is 0. The van der Waals surface area contributed by atoms with Crippen molar-refractivity contribution in [2.75, 3.05) is 17.7 Å². The van der Waals surface area contributed by atoms with Gasteiger partial charge in [-0.3, -0.25) is 4.79 Å². The van der Waals surface area contributed by atoms with Gasteiger partial charge in [0.1, 0.15) is 5.00 Å². The second-order valence-corrected chi connectivity index (χ2v) is 8.63. The standard InChI is InChI=1S/C21H24N4O3S2/c1-5-25-18(15-10-8-7-9-11-15)23-24-21(25)29-12-16(26)22-19-17(20(27)28-6-2)13(3)14(4)30-19/h7-11H,5-6,12H2,1-4H3,(H,22,26). The van der Waals surface area contributed by atoms with Crippen molar-refractivity contribution in [3.05, 3.63) is 46.3 Å². The molecule has 2 heterocycles. The Labute approximate surface area is 183 Å². The van der Waals surface area contributed by atoms with Crippen molar-refractivity contribution < 1.29 is 14.3 Å². The number of carbonyl (C=O) groups is 2. The quantitative estimate of drug-likeness (QED) is 0.405. The predicted octanol–water partition coefficient (Wildman–Crippen LogP) is 4.55. The molecule has 7 nitrogen and oxygen atoms in total. The van der Waals surface area contributed by atoms with Crippen LogP contribution in [0.2, 0.25) is 0 Å². The number of thioether (sulfide) groups is 1. The first kappa shape index (κ1) is 22.0. The Morgan fingerprint density at radius 3 is 2.57 bits per heavy atom. The molecular weight excluding hydrogens is 420 g/mol. The van der Waals surface area contributed by atoms with Gasteiger partial charge in [0.15, 0.2) is 11.0 Å². The van der Waals surface area contributed by atoms with Gasteiger partial charge in [-0.25, -0.2) is 4.79 Å². The summed E-state index contributed by atoms with van der Waals surface area (Å²) in [6, 6.07) is 9.83. The highest BCUT2D eigenvalue weighted by atomic mass is 32.2. The van der Waals surface area contributed by atoms with Crippen LogP contribution in [0.5, 0.6) is 0 Å². The number of hydrogen-bond donors (Lipinski definition) is 1. The summed E-state index contributed by atoms with van der Waals surface area (Å²) in [6.07, 6.45) is 0. The van der Waals surface area contributed by atoms with Gasteiger partial charge in [-0.05, 0) is 33.3 Å².